The van der Waals surface area contributed by atoms with Crippen LogP contribution in [0.5, 0.6) is 0 Å². The monoisotopic (exact) mass is 480 g/mol. The van der Waals surface area contributed by atoms with Gasteiger partial charge in [0.25, 0.3) is 23.6 Å². The van der Waals surface area contributed by atoms with Crippen LogP contribution in [0.3, 0.4) is 0 Å². The Morgan fingerprint density at radius 2 is 1.12 bits per heavy atom. The van der Waals surface area contributed by atoms with E-state index in [1.54, 1.807) is 24.3 Å². The summed E-state index contributed by atoms with van der Waals surface area (Å²) in [4.78, 5) is 75.6. The van der Waals surface area contributed by atoms with Crippen LogP contribution in [-0.4, -0.2) is 76.7 Å². The first kappa shape index (κ1) is 23.0. The van der Waals surface area contributed by atoms with Crippen LogP contribution >= 0.6 is 0 Å². The fraction of sp³-hybridized carbons (Fsp3) is 0.217. The molecule has 4 rings (SSSR count). The third kappa shape index (κ3) is 3.24. The second kappa shape index (κ2) is 8.03. The Bertz CT molecular complexity index is 1220. The molecule has 2 aromatic rings. The average Bonchev–Trinajstić information content (AvgIpc) is 3.18. The van der Waals surface area contributed by atoms with E-state index in [9.17, 15) is 28.8 Å². The number of imide groups is 2. The Balaban J connectivity index is 1.91. The predicted octanol–water partition coefficient (Wildman–Crippen LogP) is 0.261. The number of carboxylic acids is 2. The Morgan fingerprint density at radius 3 is 1.44 bits per heavy atom. The zero-order valence-electron chi connectivity index (χ0n) is 18.3. The van der Waals surface area contributed by atoms with Gasteiger partial charge in [-0.05, 0) is 22.5 Å². The normalized spacial score (nSPS) is 15.1. The zero-order valence-corrected chi connectivity index (χ0v) is 19.3. The van der Waals surface area contributed by atoms with Crippen molar-refractivity contribution in [2.75, 3.05) is 13.1 Å². The molecule has 10 nitrogen and oxygen atoms in total. The van der Waals surface area contributed by atoms with E-state index in [1.807, 2.05) is 13.5 Å². The number of fused-ring (bicyclic) bond motifs is 2. The van der Waals surface area contributed by atoms with Gasteiger partial charge >= 0.3 is 11.9 Å². The Kier molecular flexibility index (Phi) is 5.44. The molecule has 0 fully saturated rings. The van der Waals surface area contributed by atoms with Gasteiger partial charge in [-0.2, -0.15) is 0 Å². The summed E-state index contributed by atoms with van der Waals surface area (Å²) >= 11 is 0. The molecule has 2 aromatic carbocycles. The molecule has 0 atom stereocenters. The molecule has 34 heavy (non-hydrogen) atoms. The van der Waals surface area contributed by atoms with E-state index in [0.717, 1.165) is 0 Å². The molecule has 2 aliphatic rings. The lowest BCUT2D eigenvalue weighted by atomic mass is 10.1. The molecule has 11 heteroatoms. The molecule has 0 aromatic heterocycles. The maximum atomic E-state index is 13.2. The van der Waals surface area contributed by atoms with Crippen molar-refractivity contribution in [3.63, 3.8) is 0 Å². The molecule has 2 N–H and O–H groups in total. The predicted molar refractivity (Wildman–Crippen MR) is 120 cm³/mol. The lowest BCUT2D eigenvalue weighted by molar-refractivity contribution is -0.138. The van der Waals surface area contributed by atoms with Gasteiger partial charge in [0, 0.05) is 0 Å². The first-order valence-electron chi connectivity index (χ1n) is 10.5. The number of rotatable bonds is 7. The number of benzene rings is 2. The van der Waals surface area contributed by atoms with Crippen molar-refractivity contribution in [3.05, 3.63) is 58.7 Å². The fourth-order valence-electron chi connectivity index (χ4n) is 4.67. The lowest BCUT2D eigenvalue weighted by Gasteiger charge is -2.30. The topological polar surface area (TPSA) is 149 Å². The smallest absolute Gasteiger partial charge is 0.323 e. The van der Waals surface area contributed by atoms with E-state index < -0.39 is 56.7 Å². The minimum absolute atomic E-state index is 0.0957. The first-order valence-corrected chi connectivity index (χ1v) is 13.2. The molecule has 174 valence electrons. The van der Waals surface area contributed by atoms with Gasteiger partial charge in [-0.3, -0.25) is 38.6 Å². The molecule has 0 unspecified atom stereocenters. The molecule has 0 radical (unpaired) electrons. The van der Waals surface area contributed by atoms with Crippen LogP contribution in [0.4, 0.5) is 0 Å². The lowest BCUT2D eigenvalue weighted by Crippen LogP contribution is -2.58. The molecule has 2 aliphatic heterocycles. The third-order valence-corrected chi connectivity index (χ3v) is 11.1. The van der Waals surface area contributed by atoms with Gasteiger partial charge in [-0.25, -0.2) is 0 Å². The number of hydrogen-bond donors (Lipinski definition) is 2. The van der Waals surface area contributed by atoms with Gasteiger partial charge in [0.2, 0.25) is 0 Å². The van der Waals surface area contributed by atoms with Crippen LogP contribution in [0.15, 0.2) is 36.4 Å². The minimum atomic E-state index is -2.97. The van der Waals surface area contributed by atoms with Crippen LogP contribution in [0, 0.1) is 0 Å². The van der Waals surface area contributed by atoms with Crippen molar-refractivity contribution in [3.8, 4) is 0 Å². The number of carbonyl (C=O) groups excluding carboxylic acids is 4. The van der Waals surface area contributed by atoms with E-state index >= 15 is 0 Å². The summed E-state index contributed by atoms with van der Waals surface area (Å²) < 4.78 is 0. The van der Waals surface area contributed by atoms with E-state index in [-0.39, 0.29) is 22.3 Å². The summed E-state index contributed by atoms with van der Waals surface area (Å²) in [6.07, 6.45) is 0. The van der Waals surface area contributed by atoms with Crippen LogP contribution in [0.1, 0.15) is 48.4 Å². The summed E-state index contributed by atoms with van der Waals surface area (Å²) in [5, 5.41) is 19.4. The average molecular weight is 481 g/mol. The number of hydrogen-bond acceptors (Lipinski definition) is 6. The van der Waals surface area contributed by atoms with Crippen LogP contribution < -0.4 is 10.4 Å². The van der Waals surface area contributed by atoms with Gasteiger partial charge in [-0.15, -0.1) is 0 Å². The van der Waals surface area contributed by atoms with Crippen LogP contribution in [0.2, 0.25) is 12.6 Å². The van der Waals surface area contributed by atoms with Crippen molar-refractivity contribution in [1.82, 2.24) is 9.80 Å². The van der Waals surface area contributed by atoms with Gasteiger partial charge in [0.05, 0.1) is 22.3 Å². The van der Waals surface area contributed by atoms with Gasteiger partial charge < -0.3 is 10.2 Å². The highest BCUT2D eigenvalue weighted by Crippen LogP contribution is 2.28. The van der Waals surface area contributed by atoms with E-state index in [1.165, 1.54) is 12.1 Å². The molecule has 4 amide bonds. The number of carboxylic acid groups (broad SMARTS) is 2. The van der Waals surface area contributed by atoms with Gasteiger partial charge in [-0.1, -0.05) is 43.8 Å². The summed E-state index contributed by atoms with van der Waals surface area (Å²) in [5.74, 6) is -5.48. The molecule has 0 saturated heterocycles. The first-order chi connectivity index (χ1) is 16.0. The Labute approximate surface area is 194 Å². The maximum Gasteiger partial charge on any atom is 0.323 e. The highest BCUT2D eigenvalue weighted by molar-refractivity contribution is 7.02. The van der Waals surface area contributed by atoms with Crippen LogP contribution in [-0.2, 0) is 9.59 Å². The zero-order chi connectivity index (χ0) is 24.9. The highest BCUT2D eigenvalue weighted by atomic mass is 28.3. The maximum absolute atomic E-state index is 13.2. The summed E-state index contributed by atoms with van der Waals surface area (Å²) in [5.41, 5.74) is 0.417. The number of nitrogens with zero attached hydrogens (tertiary/aromatic N) is 2. The number of amides is 4. The third-order valence-electron chi connectivity index (χ3n) is 6.48. The molecular formula is C23H20N2O8Si. The molecule has 0 spiro atoms. The van der Waals surface area contributed by atoms with Crippen molar-refractivity contribution in [1.29, 1.82) is 0 Å². The second-order valence-electron chi connectivity index (χ2n) is 8.32. The minimum Gasteiger partial charge on any atom is -0.480 e. The van der Waals surface area contributed by atoms with Crippen molar-refractivity contribution < 1.29 is 39.0 Å². The molecular weight excluding hydrogens is 460 g/mol. The number of aliphatic carboxylic acids is 2. The van der Waals surface area contributed by atoms with E-state index in [0.29, 0.717) is 26.2 Å². The molecule has 2 heterocycles. The second-order valence-corrected chi connectivity index (χ2v) is 12.8. The largest absolute Gasteiger partial charge is 0.480 e. The van der Waals surface area contributed by atoms with Crippen molar-refractivity contribution in [2.45, 2.75) is 19.5 Å². The summed E-state index contributed by atoms with van der Waals surface area (Å²) in [6, 6.07) is 10.0. The fourth-order valence-corrected chi connectivity index (χ4v) is 8.24. The SMILES string of the molecule is CC[Si](C)(c1cccc2c1C(=O)N(CC(=O)O)C2=O)c1cccc2c1C(=O)N(CC(=O)O)C2=O. The van der Waals surface area contributed by atoms with Crippen molar-refractivity contribution in [2.24, 2.45) is 0 Å². The standard InChI is InChI=1S/C23H20N2O8Si/c1-3-34(2,14-8-4-6-12-18(14)22(32)24(20(12)30)10-16(26)27)15-9-5-7-13-19(15)23(33)25(21(13)31)11-17(28)29/h4-9H,3,10-11H2,1-2H3,(H,26,27)(H,28,29). The molecule has 0 saturated carbocycles. The quantitative estimate of drug-likeness (QED) is 0.423. The summed E-state index contributed by atoms with van der Waals surface area (Å²) in [7, 11) is -2.97. The number of carbonyl (C=O) groups is 6. The molecule has 0 bridgehead atoms. The van der Waals surface area contributed by atoms with Gasteiger partial charge in [0.15, 0.2) is 0 Å². The summed E-state index contributed by atoms with van der Waals surface area (Å²) in [6.45, 7) is 2.23. The van der Waals surface area contributed by atoms with Crippen molar-refractivity contribution >= 4 is 54.0 Å². The molecule has 0 aliphatic carbocycles. The van der Waals surface area contributed by atoms with E-state index in [2.05, 4.69) is 0 Å². The highest BCUT2D eigenvalue weighted by Gasteiger charge is 2.47. The Morgan fingerprint density at radius 1 is 0.735 bits per heavy atom. The van der Waals surface area contributed by atoms with E-state index in [4.69, 9.17) is 10.2 Å². The van der Waals surface area contributed by atoms with Gasteiger partial charge in [0.1, 0.15) is 21.2 Å². The van der Waals surface area contributed by atoms with Crippen LogP contribution in [0.25, 0.3) is 0 Å². The Hall–Kier alpha value is -4.12.